The maximum absolute atomic E-state index is 6.03. The highest BCUT2D eigenvalue weighted by Gasteiger charge is 2.31. The van der Waals surface area contributed by atoms with E-state index in [1.807, 2.05) is 37.3 Å². The molecule has 0 radical (unpaired) electrons. The molecule has 1 heterocycles. The summed E-state index contributed by atoms with van der Waals surface area (Å²) in [7, 11) is 0. The van der Waals surface area contributed by atoms with Crippen molar-refractivity contribution < 1.29 is 4.84 Å². The molecule has 0 aromatic heterocycles. The number of oxime groups is 1. The zero-order valence-electron chi connectivity index (χ0n) is 10.3. The fourth-order valence-corrected chi connectivity index (χ4v) is 1.64. The maximum atomic E-state index is 6.03. The Morgan fingerprint density at radius 1 is 1.33 bits per heavy atom. The molecular formula is C12H19Cl2N3O. The van der Waals surface area contributed by atoms with Crippen LogP contribution in [0.1, 0.15) is 12.5 Å². The minimum atomic E-state index is -0.378. The van der Waals surface area contributed by atoms with Crippen LogP contribution in [0.25, 0.3) is 0 Å². The maximum Gasteiger partial charge on any atom is 0.142 e. The van der Waals surface area contributed by atoms with Crippen LogP contribution in [0.4, 0.5) is 0 Å². The Morgan fingerprint density at radius 2 is 2.00 bits per heavy atom. The molecule has 1 fully saturated rings. The lowest BCUT2D eigenvalue weighted by atomic mass is 10.0. The molecule has 0 amide bonds. The molecule has 0 aliphatic carbocycles. The lowest BCUT2D eigenvalue weighted by Crippen LogP contribution is -2.44. The quantitative estimate of drug-likeness (QED) is 0.834. The highest BCUT2D eigenvalue weighted by molar-refractivity contribution is 5.96. The summed E-state index contributed by atoms with van der Waals surface area (Å²) >= 11 is 0. The zero-order chi connectivity index (χ0) is 11.4. The molecule has 0 bridgehead atoms. The molecule has 4 nitrogen and oxygen atoms in total. The van der Waals surface area contributed by atoms with Crippen molar-refractivity contribution in [3.8, 4) is 0 Å². The standard InChI is InChI=1S/C12H17N3O.2ClH/c1-12(13)9-14-7-11(12)15-16-8-10-5-3-2-4-6-10;;/h2-6,14H,7-9,13H2,1H3;2*1H. The summed E-state index contributed by atoms with van der Waals surface area (Å²) in [6.45, 7) is 3.90. The Bertz CT molecular complexity index is 382. The van der Waals surface area contributed by atoms with E-state index in [9.17, 15) is 0 Å². The van der Waals surface area contributed by atoms with Crippen LogP contribution in [0.5, 0.6) is 0 Å². The number of rotatable bonds is 3. The number of nitrogens with one attached hydrogen (secondary N) is 1. The molecule has 0 saturated carbocycles. The lowest BCUT2D eigenvalue weighted by Gasteiger charge is -2.16. The summed E-state index contributed by atoms with van der Waals surface area (Å²) in [5.41, 5.74) is 7.64. The molecule has 1 aliphatic heterocycles. The van der Waals surface area contributed by atoms with Crippen LogP contribution in [0.15, 0.2) is 35.5 Å². The van der Waals surface area contributed by atoms with Gasteiger partial charge in [-0.15, -0.1) is 24.8 Å². The van der Waals surface area contributed by atoms with E-state index in [1.165, 1.54) is 0 Å². The lowest BCUT2D eigenvalue weighted by molar-refractivity contribution is 0.129. The van der Waals surface area contributed by atoms with E-state index in [0.29, 0.717) is 13.2 Å². The van der Waals surface area contributed by atoms with E-state index in [4.69, 9.17) is 10.6 Å². The number of nitrogens with zero attached hydrogens (tertiary/aromatic N) is 1. The number of benzene rings is 1. The summed E-state index contributed by atoms with van der Waals surface area (Å²) in [5.74, 6) is 0. The van der Waals surface area contributed by atoms with Crippen LogP contribution in [-0.4, -0.2) is 24.3 Å². The third-order valence-corrected chi connectivity index (χ3v) is 2.69. The third-order valence-electron chi connectivity index (χ3n) is 2.69. The Labute approximate surface area is 120 Å². The third kappa shape index (κ3) is 4.46. The van der Waals surface area contributed by atoms with Gasteiger partial charge in [0.15, 0.2) is 0 Å². The fourth-order valence-electron chi connectivity index (χ4n) is 1.64. The summed E-state index contributed by atoms with van der Waals surface area (Å²) in [5, 5.41) is 7.28. The molecule has 1 aromatic rings. The SMILES string of the molecule is CC1(N)CNCC1=NOCc1ccccc1.Cl.Cl. The van der Waals surface area contributed by atoms with Crippen LogP contribution in [0, 0.1) is 0 Å². The molecule has 6 heteroatoms. The largest absolute Gasteiger partial charge is 0.391 e. The summed E-state index contributed by atoms with van der Waals surface area (Å²) in [6, 6.07) is 9.96. The van der Waals surface area contributed by atoms with Gasteiger partial charge in [-0.2, -0.15) is 0 Å². The topological polar surface area (TPSA) is 59.6 Å². The van der Waals surface area contributed by atoms with Gasteiger partial charge in [-0.05, 0) is 12.5 Å². The zero-order valence-corrected chi connectivity index (χ0v) is 11.9. The minimum Gasteiger partial charge on any atom is -0.391 e. The second-order valence-corrected chi connectivity index (χ2v) is 4.32. The van der Waals surface area contributed by atoms with E-state index in [0.717, 1.165) is 17.8 Å². The first-order chi connectivity index (χ1) is 7.68. The van der Waals surface area contributed by atoms with Crippen molar-refractivity contribution in [2.24, 2.45) is 10.9 Å². The average Bonchev–Trinajstić information content (AvgIpc) is 2.60. The Kier molecular flexibility index (Phi) is 7.25. The fraction of sp³-hybridized carbons (Fsp3) is 0.417. The van der Waals surface area contributed by atoms with Crippen LogP contribution in [-0.2, 0) is 11.4 Å². The van der Waals surface area contributed by atoms with Crippen molar-refractivity contribution in [1.82, 2.24) is 5.32 Å². The van der Waals surface area contributed by atoms with Crippen molar-refractivity contribution in [2.75, 3.05) is 13.1 Å². The predicted octanol–water partition coefficient (Wildman–Crippen LogP) is 1.72. The Morgan fingerprint density at radius 3 is 2.56 bits per heavy atom. The Balaban J connectivity index is 0.00000144. The van der Waals surface area contributed by atoms with Crippen molar-refractivity contribution in [2.45, 2.75) is 19.1 Å². The van der Waals surface area contributed by atoms with E-state index >= 15 is 0 Å². The van der Waals surface area contributed by atoms with Gasteiger partial charge in [-0.25, -0.2) is 0 Å². The van der Waals surface area contributed by atoms with E-state index in [1.54, 1.807) is 0 Å². The first kappa shape index (κ1) is 17.2. The van der Waals surface area contributed by atoms with Crippen molar-refractivity contribution in [1.29, 1.82) is 0 Å². The minimum absolute atomic E-state index is 0. The van der Waals surface area contributed by atoms with Gasteiger partial charge in [0.25, 0.3) is 0 Å². The average molecular weight is 292 g/mol. The summed E-state index contributed by atoms with van der Waals surface area (Å²) < 4.78 is 0. The summed E-state index contributed by atoms with van der Waals surface area (Å²) in [6.07, 6.45) is 0. The molecule has 1 saturated heterocycles. The number of nitrogens with two attached hydrogens (primary N) is 1. The first-order valence-electron chi connectivity index (χ1n) is 5.41. The van der Waals surface area contributed by atoms with Gasteiger partial charge in [-0.1, -0.05) is 35.5 Å². The molecule has 0 spiro atoms. The molecule has 18 heavy (non-hydrogen) atoms. The normalized spacial score (nSPS) is 24.2. The van der Waals surface area contributed by atoms with E-state index in [-0.39, 0.29) is 30.4 Å². The van der Waals surface area contributed by atoms with Crippen molar-refractivity contribution in [3.63, 3.8) is 0 Å². The van der Waals surface area contributed by atoms with Crippen molar-refractivity contribution in [3.05, 3.63) is 35.9 Å². The molecule has 102 valence electrons. The number of hydrogen-bond donors (Lipinski definition) is 2. The molecule has 1 aliphatic rings. The van der Waals surface area contributed by atoms with Gasteiger partial charge in [-0.3, -0.25) is 0 Å². The highest BCUT2D eigenvalue weighted by Crippen LogP contribution is 2.08. The molecule has 1 atom stereocenters. The molecule has 2 rings (SSSR count). The van der Waals surface area contributed by atoms with Crippen LogP contribution in [0.3, 0.4) is 0 Å². The van der Waals surface area contributed by atoms with Gasteiger partial charge < -0.3 is 15.9 Å². The van der Waals surface area contributed by atoms with Gasteiger partial charge in [0.1, 0.15) is 6.61 Å². The van der Waals surface area contributed by atoms with Gasteiger partial charge >= 0.3 is 0 Å². The van der Waals surface area contributed by atoms with Crippen molar-refractivity contribution >= 4 is 30.5 Å². The van der Waals surface area contributed by atoms with Crippen LogP contribution < -0.4 is 11.1 Å². The van der Waals surface area contributed by atoms with Crippen LogP contribution in [0.2, 0.25) is 0 Å². The van der Waals surface area contributed by atoms with Gasteiger partial charge in [0.05, 0.1) is 11.3 Å². The molecular weight excluding hydrogens is 273 g/mol. The number of halogens is 2. The van der Waals surface area contributed by atoms with Crippen LogP contribution >= 0.6 is 24.8 Å². The monoisotopic (exact) mass is 291 g/mol. The van der Waals surface area contributed by atoms with E-state index in [2.05, 4.69) is 10.5 Å². The first-order valence-corrected chi connectivity index (χ1v) is 5.41. The van der Waals surface area contributed by atoms with Gasteiger partial charge in [0.2, 0.25) is 0 Å². The van der Waals surface area contributed by atoms with E-state index < -0.39 is 0 Å². The number of hydrogen-bond acceptors (Lipinski definition) is 4. The molecule has 3 N–H and O–H groups in total. The Hall–Kier alpha value is -0.810. The predicted molar refractivity (Wildman–Crippen MR) is 78.6 cm³/mol. The second-order valence-electron chi connectivity index (χ2n) is 4.32. The molecule has 1 unspecified atom stereocenters. The molecule has 1 aromatic carbocycles. The smallest absolute Gasteiger partial charge is 0.142 e. The summed E-state index contributed by atoms with van der Waals surface area (Å²) in [4.78, 5) is 5.31. The second kappa shape index (κ2) is 7.59. The van der Waals surface area contributed by atoms with Gasteiger partial charge in [0, 0.05) is 13.1 Å². The highest BCUT2D eigenvalue weighted by atomic mass is 35.5.